The Kier molecular flexibility index (Phi) is 11.7. The van der Waals surface area contributed by atoms with Crippen LogP contribution in [0, 0.1) is 30.1 Å². The quantitative estimate of drug-likeness (QED) is 0.406. The number of aliphatic hydroxyl groups is 2. The van der Waals surface area contributed by atoms with Crippen molar-refractivity contribution in [2.75, 3.05) is 7.11 Å². The average molecular weight is 536 g/mol. The maximum absolute atomic E-state index is 13.4. The molecule has 8 heteroatoms. The van der Waals surface area contributed by atoms with Crippen LogP contribution in [0.4, 0.5) is 0 Å². The molecule has 8 atom stereocenters. The van der Waals surface area contributed by atoms with Gasteiger partial charge in [-0.25, -0.2) is 4.98 Å². The summed E-state index contributed by atoms with van der Waals surface area (Å²) in [5.74, 6) is -1.50. The smallest absolute Gasteiger partial charge is 0.309 e. The molecule has 37 heavy (non-hydrogen) atoms. The Morgan fingerprint density at radius 1 is 1.27 bits per heavy atom. The number of esters is 1. The Bertz CT molecular complexity index is 958. The maximum Gasteiger partial charge on any atom is 0.309 e. The predicted molar refractivity (Wildman–Crippen MR) is 147 cm³/mol. The van der Waals surface area contributed by atoms with Crippen LogP contribution in [0.1, 0.15) is 77.4 Å². The molecule has 0 spiro atoms. The fraction of sp³-hybridized carbons (Fsp3) is 0.690. The van der Waals surface area contributed by atoms with Crippen LogP contribution in [0.2, 0.25) is 0 Å². The first-order valence-electron chi connectivity index (χ1n) is 13.2. The Labute approximate surface area is 226 Å². The summed E-state index contributed by atoms with van der Waals surface area (Å²) in [5, 5.41) is 24.8. The molecule has 1 aromatic rings. The van der Waals surface area contributed by atoms with Crippen molar-refractivity contribution in [1.29, 1.82) is 0 Å². The predicted octanol–water partition coefficient (Wildman–Crippen LogP) is 5.14. The molecular weight excluding hydrogens is 490 g/mol. The van der Waals surface area contributed by atoms with Crippen LogP contribution in [-0.4, -0.2) is 58.5 Å². The third kappa shape index (κ3) is 8.06. The van der Waals surface area contributed by atoms with Crippen LogP contribution in [0.25, 0.3) is 6.08 Å². The average Bonchev–Trinajstić information content (AvgIpc) is 3.27. The van der Waals surface area contributed by atoms with E-state index in [-0.39, 0.29) is 17.6 Å². The van der Waals surface area contributed by atoms with Gasteiger partial charge in [0.25, 0.3) is 0 Å². The van der Waals surface area contributed by atoms with Crippen LogP contribution >= 0.6 is 11.3 Å². The zero-order chi connectivity index (χ0) is 27.9. The van der Waals surface area contributed by atoms with E-state index in [0.717, 1.165) is 35.5 Å². The molecule has 0 bridgehead atoms. The minimum absolute atomic E-state index is 0.0899. The summed E-state index contributed by atoms with van der Waals surface area (Å²) in [6.45, 7) is 14.9. The zero-order valence-corrected chi connectivity index (χ0v) is 24.2. The lowest BCUT2D eigenvalue weighted by Gasteiger charge is -2.35. The largest absolute Gasteiger partial charge is 0.455 e. The number of aryl methyl sites for hydroxylation is 1. The maximum atomic E-state index is 13.4. The summed E-state index contributed by atoms with van der Waals surface area (Å²) in [7, 11) is 1.61. The van der Waals surface area contributed by atoms with Gasteiger partial charge in [-0.15, -0.1) is 17.9 Å². The minimum Gasteiger partial charge on any atom is -0.455 e. The molecule has 1 fully saturated rings. The molecule has 0 saturated carbocycles. The number of nitrogens with zero attached hydrogens (tertiary/aromatic N) is 1. The number of ether oxygens (including phenoxy) is 2. The molecule has 1 unspecified atom stereocenters. The van der Waals surface area contributed by atoms with Gasteiger partial charge in [0.2, 0.25) is 0 Å². The lowest BCUT2D eigenvalue weighted by molar-refractivity contribution is -0.159. The molecule has 7 nitrogen and oxygen atoms in total. The number of cyclic esters (lactones) is 1. The van der Waals surface area contributed by atoms with Crippen molar-refractivity contribution in [3.05, 3.63) is 34.3 Å². The van der Waals surface area contributed by atoms with Gasteiger partial charge in [0.1, 0.15) is 11.9 Å². The number of hydrogen-bond donors (Lipinski definition) is 2. The van der Waals surface area contributed by atoms with Gasteiger partial charge in [-0.3, -0.25) is 9.59 Å². The molecule has 2 heterocycles. The molecule has 1 aliphatic rings. The van der Waals surface area contributed by atoms with E-state index in [1.807, 2.05) is 32.2 Å². The number of aromatic nitrogens is 1. The van der Waals surface area contributed by atoms with E-state index in [1.165, 1.54) is 6.08 Å². The Morgan fingerprint density at radius 2 is 1.95 bits per heavy atom. The fourth-order valence-corrected chi connectivity index (χ4v) is 5.71. The Hall–Kier alpha value is -1.87. The summed E-state index contributed by atoms with van der Waals surface area (Å²) in [5.41, 5.74) is 0.169. The van der Waals surface area contributed by atoms with Gasteiger partial charge in [0.05, 0.1) is 40.8 Å². The molecule has 1 saturated heterocycles. The number of ketones is 1. The van der Waals surface area contributed by atoms with Crippen LogP contribution in [-0.2, 0) is 19.1 Å². The number of rotatable bonds is 4. The summed E-state index contributed by atoms with van der Waals surface area (Å²) in [6, 6.07) is 0. The van der Waals surface area contributed by atoms with Crippen LogP contribution < -0.4 is 0 Å². The number of Topliss-reactive ketones (excluding diaryl/α,β-unsaturated/α-hetero) is 1. The highest BCUT2D eigenvalue weighted by molar-refractivity contribution is 7.09. The van der Waals surface area contributed by atoms with Crippen LogP contribution in [0.3, 0.4) is 0 Å². The lowest BCUT2D eigenvalue weighted by Crippen LogP contribution is -2.46. The van der Waals surface area contributed by atoms with Gasteiger partial charge in [-0.05, 0) is 57.1 Å². The van der Waals surface area contributed by atoms with E-state index in [9.17, 15) is 19.8 Å². The third-order valence-corrected chi connectivity index (χ3v) is 8.66. The molecule has 0 aliphatic carbocycles. The van der Waals surface area contributed by atoms with Crippen molar-refractivity contribution < 1.29 is 29.3 Å². The lowest BCUT2D eigenvalue weighted by atomic mass is 9.71. The highest BCUT2D eigenvalue weighted by Gasteiger charge is 2.44. The van der Waals surface area contributed by atoms with E-state index in [4.69, 9.17) is 9.47 Å². The number of aliphatic hydroxyl groups excluding tert-OH is 2. The Balaban J connectivity index is 2.43. The van der Waals surface area contributed by atoms with Crippen LogP contribution in [0.5, 0.6) is 0 Å². The molecule has 0 aromatic carbocycles. The molecule has 0 amide bonds. The summed E-state index contributed by atoms with van der Waals surface area (Å²) in [6.07, 6.45) is 2.85. The highest BCUT2D eigenvalue weighted by Crippen LogP contribution is 2.34. The normalized spacial score (nSPS) is 35.7. The molecule has 0 radical (unpaired) electrons. The summed E-state index contributed by atoms with van der Waals surface area (Å²) < 4.78 is 11.8. The number of carbonyl (C=O) groups is 2. The fourth-order valence-electron chi connectivity index (χ4n) is 5.14. The van der Waals surface area contributed by atoms with Crippen molar-refractivity contribution in [2.45, 2.75) is 98.1 Å². The molecule has 1 aliphatic heterocycles. The first-order chi connectivity index (χ1) is 17.3. The number of methoxy groups -OCH3 is 1. The zero-order valence-electron chi connectivity index (χ0n) is 23.4. The van der Waals surface area contributed by atoms with Crippen molar-refractivity contribution in [2.24, 2.45) is 23.2 Å². The van der Waals surface area contributed by atoms with Gasteiger partial charge in [0.15, 0.2) is 0 Å². The molecule has 208 valence electrons. The first kappa shape index (κ1) is 31.3. The topological polar surface area (TPSA) is 106 Å². The minimum atomic E-state index is -1.41. The van der Waals surface area contributed by atoms with Gasteiger partial charge in [0, 0.05) is 18.4 Å². The summed E-state index contributed by atoms with van der Waals surface area (Å²) in [4.78, 5) is 31.0. The monoisotopic (exact) mass is 535 g/mol. The molecule has 1 aromatic heterocycles. The van der Waals surface area contributed by atoms with E-state index >= 15 is 0 Å². The van der Waals surface area contributed by atoms with Crippen molar-refractivity contribution in [1.82, 2.24) is 4.98 Å². The second-order valence-corrected chi connectivity index (χ2v) is 12.0. The summed E-state index contributed by atoms with van der Waals surface area (Å²) >= 11 is 1.54. The first-order valence-corrected chi connectivity index (χ1v) is 14.1. The van der Waals surface area contributed by atoms with E-state index in [2.05, 4.69) is 18.5 Å². The standard InChI is InChI=1S/C29H45NO6S/c1-9-29(7)24(31)15-25(32)36-27(19(4)14-22-16-37-21(6)30-22)23(35-8)13-17(2)11-10-12-18(3)26(33)20(5)28(29)34/h9,14,16-18,20,23-24,26-27,31,33H,1,10-13,15H2,2-8H3/b19-14+/t17-,18-,20+,23?,24-,26-,27+,29-/m0/s1. The SMILES string of the molecule is C=C[C@]1(C)C(=O)[C@H](C)[C@@H](O)[C@@H](C)CCC[C@H](C)CC(OC)[C@@H](/C(C)=C/c2csc(C)n2)OC(=O)C[C@@H]1O. The van der Waals surface area contributed by atoms with Crippen molar-refractivity contribution in [3.63, 3.8) is 0 Å². The van der Waals surface area contributed by atoms with Crippen molar-refractivity contribution in [3.8, 4) is 0 Å². The van der Waals surface area contributed by atoms with E-state index in [0.29, 0.717) is 6.42 Å². The van der Waals surface area contributed by atoms with Crippen LogP contribution in [0.15, 0.2) is 23.6 Å². The van der Waals surface area contributed by atoms with Gasteiger partial charge in [-0.2, -0.15) is 0 Å². The molecule has 2 rings (SSSR count). The number of hydrogen-bond acceptors (Lipinski definition) is 8. The van der Waals surface area contributed by atoms with E-state index in [1.54, 1.807) is 32.3 Å². The third-order valence-electron chi connectivity index (χ3n) is 7.87. The van der Waals surface area contributed by atoms with E-state index < -0.39 is 48.1 Å². The molecular formula is C29H45NO6S. The van der Waals surface area contributed by atoms with Gasteiger partial charge in [-0.1, -0.05) is 39.7 Å². The second-order valence-electron chi connectivity index (χ2n) is 11.0. The van der Waals surface area contributed by atoms with Crippen molar-refractivity contribution >= 4 is 29.2 Å². The highest BCUT2D eigenvalue weighted by atomic mass is 32.1. The van der Waals surface area contributed by atoms with Gasteiger partial charge >= 0.3 is 5.97 Å². The van der Waals surface area contributed by atoms with Gasteiger partial charge < -0.3 is 19.7 Å². The Morgan fingerprint density at radius 3 is 2.51 bits per heavy atom. The molecule has 2 N–H and O–H groups in total. The second kappa shape index (κ2) is 13.8. The number of carbonyl (C=O) groups excluding carboxylic acids is 2. The number of thiazole rings is 1.